The number of aryl methyl sites for hydroxylation is 1. The molecule has 1 spiro atoms. The molecule has 0 bridgehead atoms. The number of morpholine rings is 1. The molecule has 8 nitrogen and oxygen atoms in total. The monoisotopic (exact) mass is 386 g/mol. The van der Waals surface area contributed by atoms with Crippen molar-refractivity contribution in [3.63, 3.8) is 0 Å². The first-order chi connectivity index (χ1) is 13.5. The molecular weight excluding hydrogens is 360 g/mol. The molecule has 2 aliphatic heterocycles. The molecule has 28 heavy (non-hydrogen) atoms. The van der Waals surface area contributed by atoms with Gasteiger partial charge in [-0.3, -0.25) is 19.4 Å². The minimum atomic E-state index is -1.02. The highest BCUT2D eigenvalue weighted by Gasteiger charge is 2.55. The van der Waals surface area contributed by atoms with Gasteiger partial charge in [0.2, 0.25) is 5.91 Å². The molecule has 1 aliphatic carbocycles. The zero-order chi connectivity index (χ0) is 19.7. The van der Waals surface area contributed by atoms with Crippen molar-refractivity contribution in [3.05, 3.63) is 35.4 Å². The molecule has 1 aromatic rings. The molecule has 4 amide bonds. The fourth-order valence-electron chi connectivity index (χ4n) is 4.41. The first-order valence-electron chi connectivity index (χ1n) is 9.81. The summed E-state index contributed by atoms with van der Waals surface area (Å²) >= 11 is 0. The number of rotatable bonds is 5. The van der Waals surface area contributed by atoms with Crippen molar-refractivity contribution in [3.8, 4) is 0 Å². The summed E-state index contributed by atoms with van der Waals surface area (Å²) in [7, 11) is 0. The molecule has 2 heterocycles. The van der Waals surface area contributed by atoms with Gasteiger partial charge in [0.15, 0.2) is 0 Å². The molecule has 0 saturated carbocycles. The van der Waals surface area contributed by atoms with Crippen LogP contribution in [0.2, 0.25) is 0 Å². The Morgan fingerprint density at radius 3 is 2.82 bits per heavy atom. The zero-order valence-corrected chi connectivity index (χ0v) is 16.1. The second-order valence-corrected chi connectivity index (χ2v) is 7.77. The van der Waals surface area contributed by atoms with Crippen LogP contribution in [0.5, 0.6) is 0 Å². The van der Waals surface area contributed by atoms with Gasteiger partial charge in [-0.2, -0.15) is 0 Å². The summed E-state index contributed by atoms with van der Waals surface area (Å²) in [6, 6.07) is 7.08. The smallest absolute Gasteiger partial charge is 0.325 e. The number of fused-ring (bicyclic) bond motifs is 2. The van der Waals surface area contributed by atoms with E-state index in [4.69, 9.17) is 4.74 Å². The summed E-state index contributed by atoms with van der Waals surface area (Å²) in [5, 5.41) is 5.74. The number of amides is 4. The lowest BCUT2D eigenvalue weighted by Gasteiger charge is -2.29. The van der Waals surface area contributed by atoms with E-state index in [0.29, 0.717) is 26.2 Å². The molecule has 2 fully saturated rings. The number of urea groups is 1. The molecule has 3 aliphatic rings. The zero-order valence-electron chi connectivity index (χ0n) is 16.1. The lowest BCUT2D eigenvalue weighted by Crippen LogP contribution is -2.49. The van der Waals surface area contributed by atoms with Gasteiger partial charge in [-0.25, -0.2) is 4.79 Å². The highest BCUT2D eigenvalue weighted by molar-refractivity contribution is 6.09. The van der Waals surface area contributed by atoms with Crippen LogP contribution >= 0.6 is 0 Å². The number of imide groups is 1. The second kappa shape index (κ2) is 7.52. The van der Waals surface area contributed by atoms with Crippen LogP contribution in [0.25, 0.3) is 0 Å². The van der Waals surface area contributed by atoms with Crippen molar-refractivity contribution < 1.29 is 19.1 Å². The lowest BCUT2D eigenvalue weighted by molar-refractivity contribution is -0.135. The normalized spacial score (nSPS) is 25.7. The molecule has 150 valence electrons. The van der Waals surface area contributed by atoms with Gasteiger partial charge in [-0.05, 0) is 30.9 Å². The van der Waals surface area contributed by atoms with E-state index in [2.05, 4.69) is 15.5 Å². The van der Waals surface area contributed by atoms with Gasteiger partial charge in [0.05, 0.1) is 13.2 Å². The molecule has 0 aromatic heterocycles. The average molecular weight is 386 g/mol. The fraction of sp³-hybridized carbons (Fsp3) is 0.550. The number of hydrogen-bond donors (Lipinski definition) is 2. The van der Waals surface area contributed by atoms with Crippen molar-refractivity contribution in [2.75, 3.05) is 39.4 Å². The van der Waals surface area contributed by atoms with E-state index in [0.717, 1.165) is 35.5 Å². The second-order valence-electron chi connectivity index (χ2n) is 7.77. The van der Waals surface area contributed by atoms with Gasteiger partial charge in [-0.1, -0.05) is 24.3 Å². The number of ether oxygens (including phenoxy) is 1. The van der Waals surface area contributed by atoms with Crippen molar-refractivity contribution in [1.82, 2.24) is 20.4 Å². The molecule has 4 rings (SSSR count). The number of carbonyl (C=O) groups excluding carboxylic acids is 3. The largest absolute Gasteiger partial charge is 0.379 e. The Hall–Kier alpha value is -2.45. The maximum Gasteiger partial charge on any atom is 0.325 e. The fourth-order valence-corrected chi connectivity index (χ4v) is 4.41. The third-order valence-electron chi connectivity index (χ3n) is 5.77. The Kier molecular flexibility index (Phi) is 5.07. The average Bonchev–Trinajstić information content (AvgIpc) is 3.16. The Morgan fingerprint density at radius 1 is 1.29 bits per heavy atom. The lowest BCUT2D eigenvalue weighted by atomic mass is 9.92. The molecule has 8 heteroatoms. The Labute approximate surface area is 164 Å². The minimum Gasteiger partial charge on any atom is -0.379 e. The van der Waals surface area contributed by atoms with Crippen LogP contribution in [0.15, 0.2) is 24.3 Å². The highest BCUT2D eigenvalue weighted by atomic mass is 16.5. The van der Waals surface area contributed by atoms with E-state index in [1.807, 2.05) is 31.2 Å². The van der Waals surface area contributed by atoms with Crippen LogP contribution in [0, 0.1) is 0 Å². The van der Waals surface area contributed by atoms with Crippen LogP contribution in [-0.2, 0) is 26.3 Å². The molecular formula is C20H26N4O4. The molecule has 2 saturated heterocycles. The number of hydrogen-bond acceptors (Lipinski definition) is 5. The molecule has 0 radical (unpaired) electrons. The summed E-state index contributed by atoms with van der Waals surface area (Å²) in [6.45, 7) is 5.46. The number of carbonyl (C=O) groups is 3. The first kappa shape index (κ1) is 18.9. The van der Waals surface area contributed by atoms with Gasteiger partial charge < -0.3 is 15.4 Å². The quantitative estimate of drug-likeness (QED) is 0.707. The predicted molar refractivity (Wildman–Crippen MR) is 102 cm³/mol. The summed E-state index contributed by atoms with van der Waals surface area (Å²) in [4.78, 5) is 41.3. The SMILES string of the molecule is CC(CN1CCOCC1)NC(=O)CN1C(=O)NC2(CCc3ccccc32)C1=O. The van der Waals surface area contributed by atoms with Gasteiger partial charge in [-0.15, -0.1) is 0 Å². The van der Waals surface area contributed by atoms with Crippen LogP contribution in [0.4, 0.5) is 4.79 Å². The van der Waals surface area contributed by atoms with E-state index >= 15 is 0 Å². The summed E-state index contributed by atoms with van der Waals surface area (Å²) < 4.78 is 5.33. The Bertz CT molecular complexity index is 792. The van der Waals surface area contributed by atoms with Crippen LogP contribution in [0.1, 0.15) is 24.5 Å². The molecule has 1 aromatic carbocycles. The number of nitrogens with zero attached hydrogens (tertiary/aromatic N) is 2. The van der Waals surface area contributed by atoms with Crippen LogP contribution in [0.3, 0.4) is 0 Å². The summed E-state index contributed by atoms with van der Waals surface area (Å²) in [6.07, 6.45) is 1.27. The van der Waals surface area contributed by atoms with E-state index in [1.165, 1.54) is 0 Å². The van der Waals surface area contributed by atoms with Crippen LogP contribution < -0.4 is 10.6 Å². The van der Waals surface area contributed by atoms with Crippen LogP contribution in [-0.4, -0.2) is 73.1 Å². The number of benzene rings is 1. The van der Waals surface area contributed by atoms with Gasteiger partial charge in [0, 0.05) is 25.7 Å². The molecule has 2 N–H and O–H groups in total. The Morgan fingerprint density at radius 2 is 2.04 bits per heavy atom. The molecule has 2 atom stereocenters. The summed E-state index contributed by atoms with van der Waals surface area (Å²) in [5.41, 5.74) is 0.895. The van der Waals surface area contributed by atoms with Crippen molar-refractivity contribution in [2.24, 2.45) is 0 Å². The standard InChI is InChI=1S/C20H26N4O4/c1-14(12-23-8-10-28-11-9-23)21-17(25)13-24-18(26)20(22-19(24)27)7-6-15-4-2-3-5-16(15)20/h2-5,14H,6-13H2,1H3,(H,21,25)(H,22,27). The van der Waals surface area contributed by atoms with E-state index in [-0.39, 0.29) is 24.4 Å². The van der Waals surface area contributed by atoms with E-state index in [9.17, 15) is 14.4 Å². The third kappa shape index (κ3) is 3.38. The third-order valence-corrected chi connectivity index (χ3v) is 5.77. The number of nitrogens with one attached hydrogen (secondary N) is 2. The predicted octanol–water partition coefficient (Wildman–Crippen LogP) is 0.217. The van der Waals surface area contributed by atoms with Gasteiger partial charge in [0.25, 0.3) is 5.91 Å². The Balaban J connectivity index is 1.38. The minimum absolute atomic E-state index is 0.0764. The van der Waals surface area contributed by atoms with Gasteiger partial charge in [0.1, 0.15) is 12.1 Å². The van der Waals surface area contributed by atoms with E-state index in [1.54, 1.807) is 0 Å². The van der Waals surface area contributed by atoms with E-state index < -0.39 is 11.6 Å². The highest BCUT2D eigenvalue weighted by Crippen LogP contribution is 2.41. The maximum absolute atomic E-state index is 13.1. The topological polar surface area (TPSA) is 91.0 Å². The van der Waals surface area contributed by atoms with Crippen molar-refractivity contribution >= 4 is 17.8 Å². The van der Waals surface area contributed by atoms with Crippen molar-refractivity contribution in [2.45, 2.75) is 31.3 Å². The summed E-state index contributed by atoms with van der Waals surface area (Å²) in [5.74, 6) is -0.661. The maximum atomic E-state index is 13.1. The van der Waals surface area contributed by atoms with Crippen molar-refractivity contribution in [1.29, 1.82) is 0 Å². The molecule has 2 unspecified atom stereocenters. The first-order valence-corrected chi connectivity index (χ1v) is 9.81. The van der Waals surface area contributed by atoms with Gasteiger partial charge >= 0.3 is 6.03 Å².